The van der Waals surface area contributed by atoms with Gasteiger partial charge in [0, 0.05) is 28.4 Å². The van der Waals surface area contributed by atoms with Crippen LogP contribution in [0.3, 0.4) is 0 Å². The van der Waals surface area contributed by atoms with Gasteiger partial charge in [-0.15, -0.1) is 11.3 Å². The molecule has 0 radical (unpaired) electrons. The second-order valence-electron chi connectivity index (χ2n) is 8.42. The summed E-state index contributed by atoms with van der Waals surface area (Å²) in [4.78, 5) is 17.7. The molecule has 0 aliphatic carbocycles. The minimum atomic E-state index is -2.89. The fourth-order valence-corrected chi connectivity index (χ4v) is 5.45. The molecule has 0 spiro atoms. The summed E-state index contributed by atoms with van der Waals surface area (Å²) in [7, 11) is 0. The van der Waals surface area contributed by atoms with Crippen molar-refractivity contribution in [3.8, 4) is 11.1 Å². The van der Waals surface area contributed by atoms with Crippen molar-refractivity contribution < 1.29 is 22.7 Å². The summed E-state index contributed by atoms with van der Waals surface area (Å²) in [6.45, 7) is 8.34. The van der Waals surface area contributed by atoms with Gasteiger partial charge in [0.15, 0.2) is 0 Å². The molecule has 1 unspecified atom stereocenters. The molecule has 0 bridgehead atoms. The van der Waals surface area contributed by atoms with E-state index in [4.69, 9.17) is 4.74 Å². The number of amides is 1. The quantitative estimate of drug-likeness (QED) is 0.255. The van der Waals surface area contributed by atoms with E-state index in [1.807, 2.05) is 38.3 Å². The number of hydrogen-bond donors (Lipinski definition) is 0. The summed E-state index contributed by atoms with van der Waals surface area (Å²) in [6.07, 6.45) is 4.61. The molecule has 7 nitrogen and oxygen atoms in total. The number of rotatable bonds is 10. The zero-order chi connectivity index (χ0) is 24.8. The van der Waals surface area contributed by atoms with E-state index < -0.39 is 23.2 Å². The topological polar surface area (TPSA) is 87.5 Å². The van der Waals surface area contributed by atoms with Gasteiger partial charge in [0.2, 0.25) is 0 Å². The Kier molecular flexibility index (Phi) is 8.98. The zero-order valence-electron chi connectivity index (χ0n) is 19.7. The van der Waals surface area contributed by atoms with Gasteiger partial charge >= 0.3 is 6.09 Å². The summed E-state index contributed by atoms with van der Waals surface area (Å²) in [5.41, 5.74) is 1.44. The van der Waals surface area contributed by atoms with Crippen molar-refractivity contribution >= 4 is 33.7 Å². The van der Waals surface area contributed by atoms with Gasteiger partial charge in [-0.1, -0.05) is 39.3 Å². The lowest BCUT2D eigenvalue weighted by molar-refractivity contribution is 0.156. The Morgan fingerprint density at radius 2 is 2.12 bits per heavy atom. The van der Waals surface area contributed by atoms with Crippen LogP contribution in [0.15, 0.2) is 36.7 Å². The minimum Gasteiger partial charge on any atom is -0.755 e. The highest BCUT2D eigenvalue weighted by atomic mass is 32.2. The maximum absolute atomic E-state index is 15.1. The Morgan fingerprint density at radius 3 is 2.71 bits per heavy atom. The molecule has 0 saturated heterocycles. The maximum atomic E-state index is 15.1. The van der Waals surface area contributed by atoms with Gasteiger partial charge < -0.3 is 13.9 Å². The average molecular weight is 507 g/mol. The number of unbranched alkanes of at least 4 members (excludes halogenated alkanes) is 1. The molecule has 0 N–H and O–H groups in total. The Labute approximate surface area is 206 Å². The van der Waals surface area contributed by atoms with Crippen LogP contribution in [0.4, 0.5) is 14.2 Å². The van der Waals surface area contributed by atoms with Gasteiger partial charge in [-0.05, 0) is 43.4 Å². The van der Waals surface area contributed by atoms with Gasteiger partial charge in [-0.2, -0.15) is 4.31 Å². The van der Waals surface area contributed by atoms with Crippen molar-refractivity contribution in [3.05, 3.63) is 58.7 Å². The number of hydrogen-bond acceptors (Lipinski definition) is 6. The van der Waals surface area contributed by atoms with E-state index in [1.165, 1.54) is 17.4 Å². The van der Waals surface area contributed by atoms with E-state index in [0.717, 1.165) is 17.1 Å². The molecule has 1 atom stereocenters. The lowest BCUT2D eigenvalue weighted by atomic mass is 10.0. The molecule has 1 amide bonds. The lowest BCUT2D eigenvalue weighted by Crippen LogP contribution is -2.33. The number of aromatic nitrogens is 2. The van der Waals surface area contributed by atoms with Crippen LogP contribution >= 0.6 is 11.3 Å². The number of benzene rings is 1. The molecule has 3 rings (SSSR count). The third-order valence-corrected chi connectivity index (χ3v) is 7.11. The minimum absolute atomic E-state index is 0.125. The summed E-state index contributed by atoms with van der Waals surface area (Å²) >= 11 is -1.69. The van der Waals surface area contributed by atoms with Crippen LogP contribution in [0.2, 0.25) is 0 Å². The SMILES string of the molecule is CCCCOC(=O)N(c1sc(CC(C)C)cc1-c1ccc(Cn2ccnc2C)c(F)c1)S(=O)[O-]. The first kappa shape index (κ1) is 26.1. The maximum Gasteiger partial charge on any atom is 0.426 e. The first-order valence-electron chi connectivity index (χ1n) is 11.2. The van der Waals surface area contributed by atoms with Crippen LogP contribution in [0.1, 0.15) is 49.9 Å². The molecule has 3 aromatic rings. The Morgan fingerprint density at radius 1 is 1.35 bits per heavy atom. The third kappa shape index (κ3) is 6.31. The van der Waals surface area contributed by atoms with Crippen molar-refractivity contribution in [2.45, 2.75) is 53.5 Å². The zero-order valence-corrected chi connectivity index (χ0v) is 21.4. The van der Waals surface area contributed by atoms with Gasteiger partial charge in [-0.3, -0.25) is 4.21 Å². The number of aryl methyl sites for hydroxylation is 1. The summed E-state index contributed by atoms with van der Waals surface area (Å²) in [5.74, 6) is 0.671. The van der Waals surface area contributed by atoms with Crippen LogP contribution in [-0.2, 0) is 29.0 Å². The monoisotopic (exact) mass is 506 g/mol. The highest BCUT2D eigenvalue weighted by Gasteiger charge is 2.26. The summed E-state index contributed by atoms with van der Waals surface area (Å²) < 4.78 is 46.8. The molecular formula is C24H29FN3O4S2-. The third-order valence-electron chi connectivity index (χ3n) is 5.22. The second kappa shape index (κ2) is 11.7. The number of thiophene rings is 1. The number of ether oxygens (including phenoxy) is 1. The number of anilines is 1. The fourth-order valence-electron chi connectivity index (χ4n) is 3.46. The van der Waals surface area contributed by atoms with E-state index in [1.54, 1.807) is 24.5 Å². The normalized spacial score (nSPS) is 12.2. The van der Waals surface area contributed by atoms with Crippen LogP contribution in [0.5, 0.6) is 0 Å². The summed E-state index contributed by atoms with van der Waals surface area (Å²) in [6, 6.07) is 6.61. The first-order valence-corrected chi connectivity index (χ1v) is 13.0. The van der Waals surface area contributed by atoms with Crippen molar-refractivity contribution in [1.82, 2.24) is 9.55 Å². The van der Waals surface area contributed by atoms with Crippen molar-refractivity contribution in [1.29, 1.82) is 0 Å². The molecule has 0 aliphatic rings. The van der Waals surface area contributed by atoms with Crippen molar-refractivity contribution in [2.24, 2.45) is 5.92 Å². The number of halogens is 1. The lowest BCUT2D eigenvalue weighted by Gasteiger charge is -2.23. The second-order valence-corrected chi connectivity index (χ2v) is 10.3. The van der Waals surface area contributed by atoms with Crippen LogP contribution in [-0.4, -0.2) is 31.0 Å². The van der Waals surface area contributed by atoms with E-state index in [-0.39, 0.29) is 11.6 Å². The van der Waals surface area contributed by atoms with Crippen molar-refractivity contribution in [3.63, 3.8) is 0 Å². The van der Waals surface area contributed by atoms with Gasteiger partial charge in [0.25, 0.3) is 0 Å². The molecule has 0 aliphatic heterocycles. The Balaban J connectivity index is 2.00. The molecule has 10 heteroatoms. The number of carbonyl (C=O) groups excluding carboxylic acids is 1. The standard InChI is InChI=1S/C24H30FN3O4S2/c1-5-6-11-32-24(29)28(34(30)31)23-21(14-20(33-23)12-16(2)3)18-7-8-19(22(25)13-18)15-27-10-9-26-17(27)4/h7-10,13-14,16H,5-6,11-12,15H2,1-4H3,(H,30,31)/p-1. The molecule has 34 heavy (non-hydrogen) atoms. The predicted molar refractivity (Wildman–Crippen MR) is 132 cm³/mol. The molecule has 0 fully saturated rings. The van der Waals surface area contributed by atoms with Crippen LogP contribution in [0.25, 0.3) is 11.1 Å². The highest BCUT2D eigenvalue weighted by Crippen LogP contribution is 2.41. The smallest absolute Gasteiger partial charge is 0.426 e. The van der Waals surface area contributed by atoms with Gasteiger partial charge in [0.05, 0.1) is 24.4 Å². The van der Waals surface area contributed by atoms with Crippen LogP contribution in [0, 0.1) is 18.7 Å². The average Bonchev–Trinajstić information content (AvgIpc) is 3.35. The van der Waals surface area contributed by atoms with Crippen LogP contribution < -0.4 is 4.31 Å². The number of imidazole rings is 1. The Bertz CT molecular complexity index is 1160. The van der Waals surface area contributed by atoms with Crippen molar-refractivity contribution in [2.75, 3.05) is 10.9 Å². The number of nitrogens with zero attached hydrogens (tertiary/aromatic N) is 3. The predicted octanol–water partition coefficient (Wildman–Crippen LogP) is 5.84. The molecule has 2 heterocycles. The largest absolute Gasteiger partial charge is 0.755 e. The fraction of sp³-hybridized carbons (Fsp3) is 0.417. The van der Waals surface area contributed by atoms with Gasteiger partial charge in [0.1, 0.15) is 16.6 Å². The summed E-state index contributed by atoms with van der Waals surface area (Å²) in [5, 5.41) is 0.197. The molecule has 2 aromatic heterocycles. The Hall–Kier alpha value is -2.56. The van der Waals surface area contributed by atoms with E-state index in [0.29, 0.717) is 46.3 Å². The van der Waals surface area contributed by atoms with E-state index >= 15 is 4.39 Å². The highest BCUT2D eigenvalue weighted by molar-refractivity contribution is 7.81. The first-order chi connectivity index (χ1) is 16.2. The van der Waals surface area contributed by atoms with Gasteiger partial charge in [-0.25, -0.2) is 14.2 Å². The number of carbonyl (C=O) groups is 1. The molecule has 1 aromatic carbocycles. The molecular weight excluding hydrogens is 477 g/mol. The van der Waals surface area contributed by atoms with E-state index in [2.05, 4.69) is 4.98 Å². The van der Waals surface area contributed by atoms with E-state index in [9.17, 15) is 13.6 Å². The molecule has 184 valence electrons. The molecule has 0 saturated carbocycles.